The fourth-order valence-electron chi connectivity index (χ4n) is 2.86. The predicted molar refractivity (Wildman–Crippen MR) is 108 cm³/mol. The van der Waals surface area contributed by atoms with Crippen LogP contribution in [0.3, 0.4) is 0 Å². The topological polar surface area (TPSA) is 64.7 Å². The Kier molecular flexibility index (Phi) is 4.95. The van der Waals surface area contributed by atoms with Crippen LogP contribution in [0.25, 0.3) is 11.5 Å². The van der Waals surface area contributed by atoms with Crippen molar-refractivity contribution >= 4 is 17.5 Å². The summed E-state index contributed by atoms with van der Waals surface area (Å²) < 4.78 is 3.49. The number of nitrogens with zero attached hydrogens (tertiary/aromatic N) is 4. The number of hydrogen-bond donors (Lipinski definition) is 1. The summed E-state index contributed by atoms with van der Waals surface area (Å²) in [5.74, 6) is 0.291. The average molecular weight is 392 g/mol. The van der Waals surface area contributed by atoms with Gasteiger partial charge in [0.1, 0.15) is 0 Å². The van der Waals surface area contributed by atoms with Crippen LogP contribution in [0.1, 0.15) is 21.6 Å². The van der Waals surface area contributed by atoms with Crippen molar-refractivity contribution in [1.29, 1.82) is 0 Å². The zero-order valence-electron chi connectivity index (χ0n) is 15.2. The molecule has 0 unspecified atom stereocenters. The molecule has 0 bridgehead atoms. The van der Waals surface area contributed by atoms with Gasteiger partial charge in [0, 0.05) is 24.0 Å². The highest BCUT2D eigenvalue weighted by Gasteiger charge is 2.21. The molecule has 0 spiro atoms. The normalized spacial score (nSPS) is 10.8. The summed E-state index contributed by atoms with van der Waals surface area (Å²) in [5, 5.41) is 11.9. The van der Waals surface area contributed by atoms with E-state index in [1.165, 1.54) is 0 Å². The van der Waals surface area contributed by atoms with E-state index in [0.29, 0.717) is 17.4 Å². The summed E-state index contributed by atoms with van der Waals surface area (Å²) in [5.41, 5.74) is 3.18. The standard InChI is InChI=1S/C21H18ClN5O/c1-15-4-10-18(11-5-15)27-21(26-12-2-3-13-26)19(24-25-27)20(28)23-14-16-6-8-17(22)9-7-16/h2-13H,14H2,1H3,(H,23,28). The van der Waals surface area contributed by atoms with Gasteiger partial charge >= 0.3 is 0 Å². The summed E-state index contributed by atoms with van der Waals surface area (Å²) in [7, 11) is 0. The van der Waals surface area contributed by atoms with E-state index >= 15 is 0 Å². The third-order valence-corrected chi connectivity index (χ3v) is 4.61. The van der Waals surface area contributed by atoms with Crippen molar-refractivity contribution in [2.75, 3.05) is 0 Å². The number of benzene rings is 2. The Morgan fingerprint density at radius 1 is 1.04 bits per heavy atom. The fourth-order valence-corrected chi connectivity index (χ4v) is 2.99. The Balaban J connectivity index is 1.65. The van der Waals surface area contributed by atoms with E-state index in [-0.39, 0.29) is 11.6 Å². The van der Waals surface area contributed by atoms with Crippen LogP contribution in [0.4, 0.5) is 0 Å². The lowest BCUT2D eigenvalue weighted by Crippen LogP contribution is -2.24. The molecule has 4 aromatic rings. The Labute approximate surface area is 167 Å². The minimum Gasteiger partial charge on any atom is -0.346 e. The van der Waals surface area contributed by atoms with Crippen LogP contribution in [-0.2, 0) is 6.54 Å². The molecule has 2 aromatic carbocycles. The molecule has 2 heterocycles. The summed E-state index contributed by atoms with van der Waals surface area (Å²) in [6.07, 6.45) is 3.72. The number of rotatable bonds is 5. The number of aromatic nitrogens is 4. The van der Waals surface area contributed by atoms with Gasteiger partial charge in [-0.3, -0.25) is 4.79 Å². The van der Waals surface area contributed by atoms with Crippen LogP contribution in [-0.4, -0.2) is 25.5 Å². The van der Waals surface area contributed by atoms with E-state index in [9.17, 15) is 4.79 Å². The molecule has 140 valence electrons. The van der Waals surface area contributed by atoms with Crippen LogP contribution < -0.4 is 5.32 Å². The van der Waals surface area contributed by atoms with Crippen molar-refractivity contribution in [2.45, 2.75) is 13.5 Å². The minimum absolute atomic E-state index is 0.255. The molecule has 6 nitrogen and oxygen atoms in total. The quantitative estimate of drug-likeness (QED) is 0.560. The van der Waals surface area contributed by atoms with Crippen molar-refractivity contribution in [1.82, 2.24) is 24.9 Å². The van der Waals surface area contributed by atoms with Crippen LogP contribution in [0.5, 0.6) is 0 Å². The summed E-state index contributed by atoms with van der Waals surface area (Å²) in [4.78, 5) is 12.8. The highest BCUT2D eigenvalue weighted by atomic mass is 35.5. The van der Waals surface area contributed by atoms with Crippen LogP contribution in [0.2, 0.25) is 5.02 Å². The van der Waals surface area contributed by atoms with Gasteiger partial charge < -0.3 is 9.88 Å². The molecular formula is C21H18ClN5O. The van der Waals surface area contributed by atoms with Crippen molar-refractivity contribution in [3.63, 3.8) is 0 Å². The van der Waals surface area contributed by atoms with Crippen LogP contribution in [0, 0.1) is 6.92 Å². The maximum Gasteiger partial charge on any atom is 0.276 e. The first-order chi connectivity index (χ1) is 13.6. The maximum absolute atomic E-state index is 12.8. The van der Waals surface area contributed by atoms with Crippen molar-refractivity contribution in [3.8, 4) is 11.5 Å². The number of aryl methyl sites for hydroxylation is 1. The van der Waals surface area contributed by atoms with E-state index in [1.54, 1.807) is 16.8 Å². The smallest absolute Gasteiger partial charge is 0.276 e. The molecular weight excluding hydrogens is 374 g/mol. The first kappa shape index (κ1) is 18.0. The molecule has 7 heteroatoms. The van der Waals surface area contributed by atoms with E-state index in [2.05, 4.69) is 15.6 Å². The summed E-state index contributed by atoms with van der Waals surface area (Å²) in [6, 6.07) is 19.0. The van der Waals surface area contributed by atoms with Crippen molar-refractivity contribution in [3.05, 3.63) is 94.9 Å². The SMILES string of the molecule is Cc1ccc(-n2nnc(C(=O)NCc3ccc(Cl)cc3)c2-n2cccc2)cc1. The average Bonchev–Trinajstić information content (AvgIpc) is 3.37. The number of nitrogens with one attached hydrogen (secondary N) is 1. The minimum atomic E-state index is -0.294. The second-order valence-corrected chi connectivity index (χ2v) is 6.84. The second kappa shape index (κ2) is 7.70. The molecule has 0 aliphatic heterocycles. The first-order valence-electron chi connectivity index (χ1n) is 8.80. The van der Waals surface area contributed by atoms with Crippen LogP contribution in [0.15, 0.2) is 73.1 Å². The number of carbonyl (C=O) groups is 1. The van der Waals surface area contributed by atoms with Crippen molar-refractivity contribution < 1.29 is 4.79 Å². The van der Waals surface area contributed by atoms with Gasteiger partial charge in [-0.05, 0) is 48.9 Å². The van der Waals surface area contributed by atoms with Crippen LogP contribution >= 0.6 is 11.6 Å². The Morgan fingerprint density at radius 3 is 2.39 bits per heavy atom. The molecule has 0 aliphatic rings. The maximum atomic E-state index is 12.8. The molecule has 0 fully saturated rings. The fraction of sp³-hybridized carbons (Fsp3) is 0.0952. The van der Waals surface area contributed by atoms with Gasteiger partial charge in [0.15, 0.2) is 11.5 Å². The molecule has 1 N–H and O–H groups in total. The molecule has 2 aromatic heterocycles. The predicted octanol–water partition coefficient (Wildman–Crippen LogP) is 3.95. The zero-order chi connectivity index (χ0) is 19.5. The second-order valence-electron chi connectivity index (χ2n) is 6.41. The first-order valence-corrected chi connectivity index (χ1v) is 9.18. The zero-order valence-corrected chi connectivity index (χ0v) is 16.0. The van der Waals surface area contributed by atoms with Gasteiger partial charge in [-0.2, -0.15) is 4.68 Å². The lowest BCUT2D eigenvalue weighted by Gasteiger charge is -2.10. The number of amides is 1. The molecule has 0 radical (unpaired) electrons. The van der Waals surface area contributed by atoms with Gasteiger partial charge in [-0.25, -0.2) is 0 Å². The highest BCUT2D eigenvalue weighted by Crippen LogP contribution is 2.19. The van der Waals surface area contributed by atoms with Gasteiger partial charge in [0.2, 0.25) is 0 Å². The monoisotopic (exact) mass is 391 g/mol. The van der Waals surface area contributed by atoms with Gasteiger partial charge in [-0.15, -0.1) is 5.10 Å². The van der Waals surface area contributed by atoms with E-state index < -0.39 is 0 Å². The summed E-state index contributed by atoms with van der Waals surface area (Å²) in [6.45, 7) is 2.39. The Hall–Kier alpha value is -3.38. The largest absolute Gasteiger partial charge is 0.346 e. The lowest BCUT2D eigenvalue weighted by atomic mass is 10.2. The van der Waals surface area contributed by atoms with Gasteiger partial charge in [-0.1, -0.05) is 46.6 Å². The molecule has 0 saturated heterocycles. The Morgan fingerprint density at radius 2 is 1.71 bits per heavy atom. The number of hydrogen-bond acceptors (Lipinski definition) is 3. The highest BCUT2D eigenvalue weighted by molar-refractivity contribution is 6.30. The van der Waals surface area contributed by atoms with Gasteiger partial charge in [0.25, 0.3) is 5.91 Å². The molecule has 4 rings (SSSR count). The lowest BCUT2D eigenvalue weighted by molar-refractivity contribution is 0.0946. The third-order valence-electron chi connectivity index (χ3n) is 4.36. The van der Waals surface area contributed by atoms with Crippen molar-refractivity contribution in [2.24, 2.45) is 0 Å². The van der Waals surface area contributed by atoms with E-state index in [4.69, 9.17) is 11.6 Å². The molecule has 0 aliphatic carbocycles. The molecule has 0 atom stereocenters. The Bertz CT molecular complexity index is 1080. The van der Waals surface area contributed by atoms with E-state index in [0.717, 1.165) is 16.8 Å². The number of carbonyl (C=O) groups excluding carboxylic acids is 1. The van der Waals surface area contributed by atoms with E-state index in [1.807, 2.05) is 72.4 Å². The molecule has 0 saturated carbocycles. The molecule has 1 amide bonds. The third kappa shape index (κ3) is 3.68. The van der Waals surface area contributed by atoms with Gasteiger partial charge in [0.05, 0.1) is 5.69 Å². The number of halogens is 1. The molecule has 28 heavy (non-hydrogen) atoms. The summed E-state index contributed by atoms with van der Waals surface area (Å²) >= 11 is 5.91.